The van der Waals surface area contributed by atoms with E-state index in [1.807, 2.05) is 25.1 Å². The van der Waals surface area contributed by atoms with Crippen LogP contribution in [0.25, 0.3) is 5.69 Å². The number of benzene rings is 2. The van der Waals surface area contributed by atoms with Crippen molar-refractivity contribution in [2.75, 3.05) is 12.4 Å². The first-order chi connectivity index (χ1) is 15.4. The van der Waals surface area contributed by atoms with Crippen molar-refractivity contribution in [1.29, 1.82) is 0 Å². The van der Waals surface area contributed by atoms with Gasteiger partial charge in [-0.2, -0.15) is 4.68 Å². The van der Waals surface area contributed by atoms with Crippen LogP contribution in [-0.4, -0.2) is 28.8 Å². The lowest BCUT2D eigenvalue weighted by atomic mass is 9.99. The number of esters is 2. The Labute approximate surface area is 188 Å². The van der Waals surface area contributed by atoms with Crippen molar-refractivity contribution >= 4 is 34.9 Å². The van der Waals surface area contributed by atoms with E-state index in [4.69, 9.17) is 16.3 Å². The number of hydrogen-bond acceptors (Lipinski definition) is 7. The maximum absolute atomic E-state index is 13.3. The van der Waals surface area contributed by atoms with E-state index in [-0.39, 0.29) is 24.3 Å². The van der Waals surface area contributed by atoms with Gasteiger partial charge in [-0.1, -0.05) is 35.4 Å². The van der Waals surface area contributed by atoms with Crippen LogP contribution in [0, 0.1) is 6.92 Å². The van der Waals surface area contributed by atoms with Gasteiger partial charge >= 0.3 is 11.9 Å². The lowest BCUT2D eigenvalue weighted by Crippen LogP contribution is -2.29. The SMILES string of the molecule is COC(=O)CCC(=O)Oc1nn(-c2ccc(C)cc2)c(=O)c2c1Nc1cc(Cl)ccc1C2. The quantitative estimate of drug-likeness (QED) is 0.460. The maximum Gasteiger partial charge on any atom is 0.313 e. The highest BCUT2D eigenvalue weighted by Gasteiger charge is 2.26. The van der Waals surface area contributed by atoms with Crippen LogP contribution in [0.2, 0.25) is 5.02 Å². The van der Waals surface area contributed by atoms with E-state index in [9.17, 15) is 14.4 Å². The summed E-state index contributed by atoms with van der Waals surface area (Å²) in [6.07, 6.45) is 0.00492. The minimum absolute atomic E-state index is 0.0549. The molecule has 164 valence electrons. The molecule has 2 aromatic carbocycles. The Hall–Kier alpha value is -3.65. The van der Waals surface area contributed by atoms with E-state index in [0.717, 1.165) is 11.1 Å². The van der Waals surface area contributed by atoms with Gasteiger partial charge in [0, 0.05) is 17.1 Å². The molecule has 1 aliphatic rings. The number of ether oxygens (including phenoxy) is 2. The second-order valence-electron chi connectivity index (χ2n) is 7.36. The number of methoxy groups -OCH3 is 1. The summed E-state index contributed by atoms with van der Waals surface area (Å²) in [5.74, 6) is -1.25. The molecule has 0 unspecified atom stereocenters. The number of aromatic nitrogens is 2. The number of halogens is 1. The molecular formula is C23H20ClN3O5. The second kappa shape index (κ2) is 8.84. The monoisotopic (exact) mass is 453 g/mol. The number of anilines is 2. The van der Waals surface area contributed by atoms with Crippen LogP contribution in [0.5, 0.6) is 5.88 Å². The van der Waals surface area contributed by atoms with Crippen LogP contribution >= 0.6 is 11.6 Å². The van der Waals surface area contributed by atoms with E-state index in [1.54, 1.807) is 24.3 Å². The van der Waals surface area contributed by atoms with E-state index >= 15 is 0 Å². The first kappa shape index (κ1) is 21.6. The first-order valence-electron chi connectivity index (χ1n) is 9.92. The maximum atomic E-state index is 13.3. The fourth-order valence-corrected chi connectivity index (χ4v) is 3.56. The largest absolute Gasteiger partial charge is 0.469 e. The van der Waals surface area contributed by atoms with Crippen LogP contribution in [0.3, 0.4) is 0 Å². The highest BCUT2D eigenvalue weighted by Crippen LogP contribution is 2.37. The van der Waals surface area contributed by atoms with E-state index in [1.165, 1.54) is 11.8 Å². The predicted molar refractivity (Wildman–Crippen MR) is 119 cm³/mol. The van der Waals surface area contributed by atoms with Gasteiger partial charge in [0.15, 0.2) is 0 Å². The molecule has 8 nitrogen and oxygen atoms in total. The van der Waals surface area contributed by atoms with Gasteiger partial charge in [-0.3, -0.25) is 14.4 Å². The van der Waals surface area contributed by atoms with Crippen molar-refractivity contribution < 1.29 is 19.1 Å². The fourth-order valence-electron chi connectivity index (χ4n) is 3.38. The Kier molecular flexibility index (Phi) is 5.96. The van der Waals surface area contributed by atoms with Gasteiger partial charge in [-0.25, -0.2) is 0 Å². The van der Waals surface area contributed by atoms with Gasteiger partial charge in [0.1, 0.15) is 5.69 Å². The van der Waals surface area contributed by atoms with Crippen LogP contribution in [0.1, 0.15) is 29.5 Å². The van der Waals surface area contributed by atoms with Crippen LogP contribution in [0.4, 0.5) is 11.4 Å². The molecule has 0 bridgehead atoms. The van der Waals surface area contributed by atoms with Gasteiger partial charge < -0.3 is 14.8 Å². The van der Waals surface area contributed by atoms with E-state index in [2.05, 4.69) is 15.2 Å². The Morgan fingerprint density at radius 1 is 1.12 bits per heavy atom. The predicted octanol–water partition coefficient (Wildman–Crippen LogP) is 3.70. The molecule has 4 rings (SSSR count). The number of rotatable bonds is 5. The number of hydrogen-bond donors (Lipinski definition) is 1. The molecule has 0 radical (unpaired) electrons. The lowest BCUT2D eigenvalue weighted by Gasteiger charge is -2.23. The summed E-state index contributed by atoms with van der Waals surface area (Å²) < 4.78 is 11.3. The summed E-state index contributed by atoms with van der Waals surface area (Å²) in [4.78, 5) is 37.1. The average Bonchev–Trinajstić information content (AvgIpc) is 2.79. The molecule has 2 heterocycles. The Balaban J connectivity index is 1.78. The van der Waals surface area contributed by atoms with Crippen LogP contribution in [-0.2, 0) is 20.7 Å². The normalized spacial score (nSPS) is 11.7. The van der Waals surface area contributed by atoms with Crippen molar-refractivity contribution in [1.82, 2.24) is 9.78 Å². The molecule has 32 heavy (non-hydrogen) atoms. The minimum atomic E-state index is -0.669. The second-order valence-corrected chi connectivity index (χ2v) is 7.80. The zero-order valence-corrected chi connectivity index (χ0v) is 18.2. The Morgan fingerprint density at radius 2 is 1.84 bits per heavy atom. The van der Waals surface area contributed by atoms with Gasteiger partial charge in [-0.15, -0.1) is 5.10 Å². The van der Waals surface area contributed by atoms with Gasteiger partial charge in [0.2, 0.25) is 0 Å². The number of nitrogens with one attached hydrogen (secondary N) is 1. The van der Waals surface area contributed by atoms with Crippen LogP contribution < -0.4 is 15.6 Å². The molecule has 0 fully saturated rings. The number of carbonyl (C=O) groups excluding carboxylic acids is 2. The van der Waals surface area contributed by atoms with Crippen molar-refractivity contribution in [2.24, 2.45) is 0 Å². The third kappa shape index (κ3) is 4.36. The topological polar surface area (TPSA) is 99.5 Å². The van der Waals surface area contributed by atoms with Crippen molar-refractivity contribution in [2.45, 2.75) is 26.2 Å². The molecule has 1 aromatic heterocycles. The summed E-state index contributed by atoms with van der Waals surface area (Å²) in [5, 5.41) is 7.97. The number of fused-ring (bicyclic) bond motifs is 2. The summed E-state index contributed by atoms with van der Waals surface area (Å²) in [6.45, 7) is 1.94. The molecule has 9 heteroatoms. The molecule has 0 aliphatic carbocycles. The third-order valence-corrected chi connectivity index (χ3v) is 5.34. The van der Waals surface area contributed by atoms with Crippen molar-refractivity contribution in [3.63, 3.8) is 0 Å². The highest BCUT2D eigenvalue weighted by atomic mass is 35.5. The van der Waals surface area contributed by atoms with E-state index < -0.39 is 11.9 Å². The standard InChI is InChI=1S/C23H20ClN3O5/c1-13-3-7-16(8-4-13)27-23(30)17-11-14-5-6-15(24)12-18(14)25-21(17)22(26-27)32-20(29)10-9-19(28)31-2/h3-8,12,25H,9-11H2,1-2H3. The third-order valence-electron chi connectivity index (χ3n) is 5.11. The summed E-state index contributed by atoms with van der Waals surface area (Å²) >= 11 is 6.11. The van der Waals surface area contributed by atoms with Gasteiger partial charge in [0.05, 0.1) is 31.2 Å². The molecule has 1 N–H and O–H groups in total. The summed E-state index contributed by atoms with van der Waals surface area (Å²) in [6, 6.07) is 12.6. The number of carbonyl (C=O) groups is 2. The smallest absolute Gasteiger partial charge is 0.313 e. The molecule has 1 aliphatic heterocycles. The van der Waals surface area contributed by atoms with Gasteiger partial charge in [-0.05, 0) is 36.8 Å². The first-order valence-corrected chi connectivity index (χ1v) is 10.3. The molecule has 0 spiro atoms. The average molecular weight is 454 g/mol. The molecular weight excluding hydrogens is 434 g/mol. The minimum Gasteiger partial charge on any atom is -0.469 e. The molecule has 3 aromatic rings. The number of nitrogens with zero attached hydrogens (tertiary/aromatic N) is 2. The molecule has 0 atom stereocenters. The number of aryl methyl sites for hydroxylation is 1. The Bertz CT molecular complexity index is 1270. The summed E-state index contributed by atoms with van der Waals surface area (Å²) in [7, 11) is 1.25. The van der Waals surface area contributed by atoms with E-state index in [0.29, 0.717) is 34.1 Å². The van der Waals surface area contributed by atoms with Crippen molar-refractivity contribution in [3.05, 3.63) is 74.5 Å². The molecule has 0 saturated carbocycles. The lowest BCUT2D eigenvalue weighted by molar-refractivity contribution is -0.144. The summed E-state index contributed by atoms with van der Waals surface area (Å²) in [5.41, 5.74) is 3.53. The van der Waals surface area contributed by atoms with Crippen LogP contribution in [0.15, 0.2) is 47.3 Å². The zero-order chi connectivity index (χ0) is 22.8. The van der Waals surface area contributed by atoms with Crippen molar-refractivity contribution in [3.8, 4) is 11.6 Å². The molecule has 0 amide bonds. The molecule has 0 saturated heterocycles. The highest BCUT2D eigenvalue weighted by molar-refractivity contribution is 6.30. The van der Waals surface area contributed by atoms with Gasteiger partial charge in [0.25, 0.3) is 11.4 Å². The zero-order valence-electron chi connectivity index (χ0n) is 17.5. The fraction of sp³-hybridized carbons (Fsp3) is 0.217. The Morgan fingerprint density at radius 3 is 2.56 bits per heavy atom.